The van der Waals surface area contributed by atoms with Crippen LogP contribution in [0.25, 0.3) is 0 Å². The van der Waals surface area contributed by atoms with Crippen LogP contribution >= 0.6 is 0 Å². The SMILES string of the molecule is COc1cc(NCC2CCCCO2)nc(N)n1. The Labute approximate surface area is 101 Å². The first kappa shape index (κ1) is 11.9. The van der Waals surface area contributed by atoms with Gasteiger partial charge in [-0.3, -0.25) is 0 Å². The van der Waals surface area contributed by atoms with Gasteiger partial charge < -0.3 is 20.5 Å². The van der Waals surface area contributed by atoms with Crippen LogP contribution in [0.15, 0.2) is 6.07 Å². The van der Waals surface area contributed by atoms with Crippen LogP contribution in [0.3, 0.4) is 0 Å². The third kappa shape index (κ3) is 3.45. The van der Waals surface area contributed by atoms with Gasteiger partial charge in [0.15, 0.2) is 0 Å². The molecule has 0 aromatic carbocycles. The van der Waals surface area contributed by atoms with E-state index in [1.165, 1.54) is 6.42 Å². The number of rotatable bonds is 4. The van der Waals surface area contributed by atoms with Crippen LogP contribution in [-0.2, 0) is 4.74 Å². The molecule has 0 radical (unpaired) electrons. The quantitative estimate of drug-likeness (QED) is 0.815. The van der Waals surface area contributed by atoms with Crippen molar-refractivity contribution in [3.8, 4) is 5.88 Å². The molecule has 0 spiro atoms. The molecule has 0 amide bonds. The molecule has 6 nitrogen and oxygen atoms in total. The van der Waals surface area contributed by atoms with E-state index in [2.05, 4.69) is 15.3 Å². The smallest absolute Gasteiger partial charge is 0.225 e. The molecule has 6 heteroatoms. The van der Waals surface area contributed by atoms with E-state index in [0.717, 1.165) is 26.0 Å². The second kappa shape index (κ2) is 5.67. The molecule has 17 heavy (non-hydrogen) atoms. The Kier molecular flexibility index (Phi) is 3.98. The maximum Gasteiger partial charge on any atom is 0.225 e. The monoisotopic (exact) mass is 238 g/mol. The second-order valence-corrected chi connectivity index (χ2v) is 4.02. The average molecular weight is 238 g/mol. The van der Waals surface area contributed by atoms with Gasteiger partial charge in [0.25, 0.3) is 0 Å². The number of nitrogens with zero attached hydrogens (tertiary/aromatic N) is 2. The fourth-order valence-electron chi connectivity index (χ4n) is 1.82. The largest absolute Gasteiger partial charge is 0.481 e. The van der Waals surface area contributed by atoms with Crippen LogP contribution in [-0.4, -0.2) is 36.3 Å². The Hall–Kier alpha value is -1.56. The third-order valence-electron chi connectivity index (χ3n) is 2.71. The highest BCUT2D eigenvalue weighted by atomic mass is 16.5. The molecular formula is C11H18N4O2. The first-order chi connectivity index (χ1) is 8.28. The van der Waals surface area contributed by atoms with Crippen molar-refractivity contribution in [3.63, 3.8) is 0 Å². The van der Waals surface area contributed by atoms with Gasteiger partial charge in [-0.25, -0.2) is 0 Å². The summed E-state index contributed by atoms with van der Waals surface area (Å²) in [4.78, 5) is 8.01. The summed E-state index contributed by atoms with van der Waals surface area (Å²) >= 11 is 0. The second-order valence-electron chi connectivity index (χ2n) is 4.02. The molecule has 1 aliphatic heterocycles. The van der Waals surface area contributed by atoms with Crippen LogP contribution < -0.4 is 15.8 Å². The van der Waals surface area contributed by atoms with Crippen LogP contribution in [0, 0.1) is 0 Å². The van der Waals surface area contributed by atoms with E-state index in [9.17, 15) is 0 Å². The first-order valence-electron chi connectivity index (χ1n) is 5.82. The Morgan fingerprint density at radius 2 is 2.41 bits per heavy atom. The zero-order valence-corrected chi connectivity index (χ0v) is 9.98. The maximum absolute atomic E-state index is 5.62. The van der Waals surface area contributed by atoms with Gasteiger partial charge in [0.2, 0.25) is 11.8 Å². The number of hydrogen-bond donors (Lipinski definition) is 2. The molecule has 0 aliphatic carbocycles. The Balaban J connectivity index is 1.91. The summed E-state index contributed by atoms with van der Waals surface area (Å²) < 4.78 is 10.6. The molecule has 0 bridgehead atoms. The van der Waals surface area contributed by atoms with Crippen LogP contribution in [0.2, 0.25) is 0 Å². The van der Waals surface area contributed by atoms with Crippen molar-refractivity contribution in [1.82, 2.24) is 9.97 Å². The van der Waals surface area contributed by atoms with Gasteiger partial charge in [-0.15, -0.1) is 0 Å². The minimum atomic E-state index is 0.205. The van der Waals surface area contributed by atoms with Gasteiger partial charge in [-0.2, -0.15) is 9.97 Å². The molecule has 3 N–H and O–H groups in total. The molecule has 1 atom stereocenters. The third-order valence-corrected chi connectivity index (χ3v) is 2.71. The topological polar surface area (TPSA) is 82.3 Å². The van der Waals surface area contributed by atoms with E-state index >= 15 is 0 Å². The fourth-order valence-corrected chi connectivity index (χ4v) is 1.82. The summed E-state index contributed by atoms with van der Waals surface area (Å²) in [6.45, 7) is 1.58. The van der Waals surface area contributed by atoms with Crippen LogP contribution in [0.1, 0.15) is 19.3 Å². The lowest BCUT2D eigenvalue weighted by Gasteiger charge is -2.22. The highest BCUT2D eigenvalue weighted by Gasteiger charge is 2.13. The van der Waals surface area contributed by atoms with Gasteiger partial charge in [-0.1, -0.05) is 0 Å². The van der Waals surface area contributed by atoms with Gasteiger partial charge in [-0.05, 0) is 19.3 Å². The molecule has 1 saturated heterocycles. The summed E-state index contributed by atoms with van der Waals surface area (Å²) in [6.07, 6.45) is 3.72. The molecule has 2 rings (SSSR count). The summed E-state index contributed by atoms with van der Waals surface area (Å²) in [5.41, 5.74) is 5.57. The van der Waals surface area contributed by atoms with E-state index in [4.69, 9.17) is 15.2 Å². The van der Waals surface area contributed by atoms with Gasteiger partial charge >= 0.3 is 0 Å². The lowest BCUT2D eigenvalue weighted by molar-refractivity contribution is 0.0247. The molecule has 0 saturated carbocycles. The zero-order chi connectivity index (χ0) is 12.1. The highest BCUT2D eigenvalue weighted by molar-refractivity contribution is 5.42. The predicted octanol–water partition coefficient (Wildman–Crippen LogP) is 1.05. The predicted molar refractivity (Wildman–Crippen MR) is 65.1 cm³/mol. The van der Waals surface area contributed by atoms with E-state index in [1.54, 1.807) is 13.2 Å². The number of aromatic nitrogens is 2. The lowest BCUT2D eigenvalue weighted by atomic mass is 10.1. The van der Waals surface area contributed by atoms with Gasteiger partial charge in [0.1, 0.15) is 5.82 Å². The molecule has 1 aliphatic rings. The highest BCUT2D eigenvalue weighted by Crippen LogP contribution is 2.16. The van der Waals surface area contributed by atoms with Gasteiger partial charge in [0.05, 0.1) is 13.2 Å². The van der Waals surface area contributed by atoms with E-state index < -0.39 is 0 Å². The number of ether oxygens (including phenoxy) is 2. The normalized spacial score (nSPS) is 19.9. The van der Waals surface area contributed by atoms with Crippen LogP contribution in [0.5, 0.6) is 5.88 Å². The number of nitrogen functional groups attached to an aromatic ring is 1. The summed E-state index contributed by atoms with van der Waals surface area (Å²) in [5, 5.41) is 3.19. The minimum absolute atomic E-state index is 0.205. The van der Waals surface area contributed by atoms with Gasteiger partial charge in [0, 0.05) is 19.2 Å². The summed E-state index contributed by atoms with van der Waals surface area (Å²) in [6, 6.07) is 1.72. The molecule has 1 aromatic rings. The minimum Gasteiger partial charge on any atom is -0.481 e. The number of methoxy groups -OCH3 is 1. The lowest BCUT2D eigenvalue weighted by Crippen LogP contribution is -2.27. The van der Waals surface area contributed by atoms with Crippen molar-refractivity contribution in [3.05, 3.63) is 6.07 Å². The molecule has 94 valence electrons. The van der Waals surface area contributed by atoms with Crippen molar-refractivity contribution < 1.29 is 9.47 Å². The van der Waals surface area contributed by atoms with Crippen LogP contribution in [0.4, 0.5) is 11.8 Å². The number of nitrogens with two attached hydrogens (primary N) is 1. The fraction of sp³-hybridized carbons (Fsp3) is 0.636. The number of anilines is 2. The van der Waals surface area contributed by atoms with E-state index in [1.807, 2.05) is 0 Å². The zero-order valence-electron chi connectivity index (χ0n) is 9.98. The van der Waals surface area contributed by atoms with Crippen molar-refractivity contribution in [2.45, 2.75) is 25.4 Å². The summed E-state index contributed by atoms with van der Waals surface area (Å²) in [5.74, 6) is 1.34. The van der Waals surface area contributed by atoms with Crippen molar-refractivity contribution in [2.75, 3.05) is 31.3 Å². The maximum atomic E-state index is 5.62. The number of nitrogens with one attached hydrogen (secondary N) is 1. The molecule has 1 aromatic heterocycles. The van der Waals surface area contributed by atoms with Crippen molar-refractivity contribution >= 4 is 11.8 Å². The first-order valence-corrected chi connectivity index (χ1v) is 5.82. The Bertz CT molecular complexity index is 366. The molecule has 1 unspecified atom stereocenters. The van der Waals surface area contributed by atoms with E-state index in [0.29, 0.717) is 11.7 Å². The number of hydrogen-bond acceptors (Lipinski definition) is 6. The van der Waals surface area contributed by atoms with Crippen molar-refractivity contribution in [1.29, 1.82) is 0 Å². The molecule has 2 heterocycles. The molecule has 1 fully saturated rings. The molecular weight excluding hydrogens is 220 g/mol. The van der Waals surface area contributed by atoms with Crippen molar-refractivity contribution in [2.24, 2.45) is 0 Å². The van der Waals surface area contributed by atoms with E-state index in [-0.39, 0.29) is 12.1 Å². The Morgan fingerprint density at radius 1 is 1.53 bits per heavy atom. The summed E-state index contributed by atoms with van der Waals surface area (Å²) in [7, 11) is 1.55. The average Bonchev–Trinajstić information content (AvgIpc) is 2.37. The Morgan fingerprint density at radius 3 is 3.12 bits per heavy atom. The standard InChI is InChI=1S/C11H18N4O2/c1-16-10-6-9(14-11(12)15-10)13-7-8-4-2-3-5-17-8/h6,8H,2-5,7H2,1H3,(H3,12,13,14,15).